The largest absolute Gasteiger partial charge is 0.394 e. The van der Waals surface area contributed by atoms with Gasteiger partial charge < -0.3 is 20.6 Å². The molecule has 2 bridgehead atoms. The lowest BCUT2D eigenvalue weighted by molar-refractivity contribution is -0.142. The number of hydrogen-bond donors (Lipinski definition) is 3. The molecule has 3 fully saturated rings. The summed E-state index contributed by atoms with van der Waals surface area (Å²) in [5.41, 5.74) is 0. The zero-order valence-electron chi connectivity index (χ0n) is 18.6. The average Bonchev–Trinajstić information content (AvgIpc) is 3.32. The van der Waals surface area contributed by atoms with Crippen LogP contribution >= 0.6 is 11.8 Å². The normalized spacial score (nSPS) is 35.4. The van der Waals surface area contributed by atoms with E-state index in [4.69, 9.17) is 0 Å². The molecule has 170 valence electrons. The van der Waals surface area contributed by atoms with E-state index < -0.39 is 28.7 Å². The maximum Gasteiger partial charge on any atom is 0.244 e. The van der Waals surface area contributed by atoms with E-state index in [1.807, 2.05) is 13.8 Å². The topological polar surface area (TPSA) is 98.7 Å². The summed E-state index contributed by atoms with van der Waals surface area (Å²) in [7, 11) is 0. The number of rotatable bonds is 10. The lowest BCUT2D eigenvalue weighted by atomic mass is 9.66. The number of amides is 3. The molecule has 0 radical (unpaired) electrons. The fraction of sp³-hybridized carbons (Fsp3) is 0.864. The molecular weight excluding hydrogens is 402 g/mol. The Morgan fingerprint density at radius 2 is 1.90 bits per heavy atom. The number of likely N-dealkylation sites (tertiary alicyclic amines) is 1. The predicted molar refractivity (Wildman–Crippen MR) is 118 cm³/mol. The van der Waals surface area contributed by atoms with E-state index in [9.17, 15) is 19.5 Å². The maximum atomic E-state index is 13.8. The van der Waals surface area contributed by atoms with Gasteiger partial charge in [0.05, 0.1) is 29.2 Å². The minimum absolute atomic E-state index is 0.0631. The van der Waals surface area contributed by atoms with Crippen LogP contribution in [0.25, 0.3) is 0 Å². The Morgan fingerprint density at radius 3 is 2.50 bits per heavy atom. The SMILES string of the molecule is CCCCNC(=O)C1N([C@@H](CC)CO)C(=O)[C@@H]2[C@@H](C(=O)NCCC)[C@H]3CC(C)C12S3. The molecule has 3 aliphatic rings. The van der Waals surface area contributed by atoms with Gasteiger partial charge in [0.25, 0.3) is 0 Å². The molecule has 0 aromatic carbocycles. The van der Waals surface area contributed by atoms with Crippen LogP contribution < -0.4 is 10.6 Å². The summed E-state index contributed by atoms with van der Waals surface area (Å²) in [4.78, 5) is 41.9. The summed E-state index contributed by atoms with van der Waals surface area (Å²) >= 11 is 1.68. The van der Waals surface area contributed by atoms with Crippen LogP contribution in [0.15, 0.2) is 0 Å². The Bertz CT molecular complexity index is 671. The molecular formula is C22H37N3O4S. The number of unbranched alkanes of at least 4 members (excludes halogenated alkanes) is 1. The summed E-state index contributed by atoms with van der Waals surface area (Å²) < 4.78 is -0.602. The Morgan fingerprint density at radius 1 is 1.20 bits per heavy atom. The number of nitrogens with zero attached hydrogens (tertiary/aromatic N) is 1. The first kappa shape index (κ1) is 23.4. The van der Waals surface area contributed by atoms with Gasteiger partial charge in [-0.15, -0.1) is 11.8 Å². The monoisotopic (exact) mass is 439 g/mol. The van der Waals surface area contributed by atoms with Gasteiger partial charge in [-0.25, -0.2) is 0 Å². The van der Waals surface area contributed by atoms with Gasteiger partial charge in [-0.05, 0) is 31.6 Å². The highest BCUT2D eigenvalue weighted by Crippen LogP contribution is 2.68. The second kappa shape index (κ2) is 9.47. The second-order valence-corrected chi connectivity index (χ2v) is 10.5. The highest BCUT2D eigenvalue weighted by atomic mass is 32.2. The molecule has 0 aromatic rings. The van der Waals surface area contributed by atoms with Crippen LogP contribution in [0.2, 0.25) is 0 Å². The van der Waals surface area contributed by atoms with Crippen LogP contribution in [0.3, 0.4) is 0 Å². The first-order chi connectivity index (χ1) is 14.4. The highest BCUT2D eigenvalue weighted by Gasteiger charge is 2.76. The molecule has 0 aromatic heterocycles. The summed E-state index contributed by atoms with van der Waals surface area (Å²) in [6.45, 7) is 9.10. The Balaban J connectivity index is 2.00. The van der Waals surface area contributed by atoms with Crippen molar-refractivity contribution in [3.63, 3.8) is 0 Å². The van der Waals surface area contributed by atoms with Gasteiger partial charge in [0.1, 0.15) is 6.04 Å². The number of carbonyl (C=O) groups is 3. The summed E-state index contributed by atoms with van der Waals surface area (Å²) in [5.74, 6) is -1.09. The van der Waals surface area contributed by atoms with Crippen LogP contribution in [0.1, 0.15) is 59.8 Å². The minimum Gasteiger partial charge on any atom is -0.394 e. The molecule has 0 aliphatic carbocycles. The van der Waals surface area contributed by atoms with Crippen molar-refractivity contribution < 1.29 is 19.5 Å². The fourth-order valence-corrected chi connectivity index (χ4v) is 8.13. The molecule has 3 unspecified atom stereocenters. The quantitative estimate of drug-likeness (QED) is 0.449. The molecule has 3 heterocycles. The van der Waals surface area contributed by atoms with Crippen molar-refractivity contribution in [2.24, 2.45) is 17.8 Å². The van der Waals surface area contributed by atoms with Gasteiger partial charge in [0.15, 0.2) is 0 Å². The van der Waals surface area contributed by atoms with Gasteiger partial charge in [0, 0.05) is 18.3 Å². The van der Waals surface area contributed by atoms with E-state index >= 15 is 0 Å². The van der Waals surface area contributed by atoms with E-state index in [0.717, 1.165) is 25.7 Å². The van der Waals surface area contributed by atoms with Crippen LogP contribution in [0.4, 0.5) is 0 Å². The van der Waals surface area contributed by atoms with Crippen molar-refractivity contribution in [3.8, 4) is 0 Å². The fourth-order valence-electron chi connectivity index (χ4n) is 5.72. The molecule has 7 nitrogen and oxygen atoms in total. The van der Waals surface area contributed by atoms with Crippen molar-refractivity contribution >= 4 is 29.5 Å². The van der Waals surface area contributed by atoms with Crippen molar-refractivity contribution in [1.82, 2.24) is 15.5 Å². The lowest BCUT2D eigenvalue weighted by Crippen LogP contribution is -2.58. The smallest absolute Gasteiger partial charge is 0.244 e. The van der Waals surface area contributed by atoms with Gasteiger partial charge in [-0.1, -0.05) is 34.1 Å². The van der Waals surface area contributed by atoms with Crippen molar-refractivity contribution in [3.05, 3.63) is 0 Å². The molecule has 3 N–H and O–H groups in total. The van der Waals surface area contributed by atoms with Gasteiger partial charge in [0.2, 0.25) is 17.7 Å². The molecule has 3 aliphatic heterocycles. The number of hydrogen-bond acceptors (Lipinski definition) is 5. The third-order valence-electron chi connectivity index (χ3n) is 7.19. The van der Waals surface area contributed by atoms with Crippen molar-refractivity contribution in [2.45, 2.75) is 81.9 Å². The third-order valence-corrected chi connectivity index (χ3v) is 9.26. The Kier molecular flexibility index (Phi) is 7.38. The highest BCUT2D eigenvalue weighted by molar-refractivity contribution is 8.02. The van der Waals surface area contributed by atoms with Gasteiger partial charge in [-0.2, -0.15) is 0 Å². The van der Waals surface area contributed by atoms with E-state index in [-0.39, 0.29) is 35.5 Å². The molecule has 3 amide bonds. The number of aliphatic hydroxyl groups is 1. The van der Waals surface area contributed by atoms with Gasteiger partial charge >= 0.3 is 0 Å². The van der Waals surface area contributed by atoms with Crippen LogP contribution in [0, 0.1) is 17.8 Å². The van der Waals surface area contributed by atoms with E-state index in [1.165, 1.54) is 0 Å². The lowest BCUT2D eigenvalue weighted by Gasteiger charge is -2.40. The summed E-state index contributed by atoms with van der Waals surface area (Å²) in [6.07, 6.45) is 4.10. The minimum atomic E-state index is -0.641. The molecule has 7 atom stereocenters. The standard InChI is InChI=1S/C22H37N3O4S/c1-5-8-10-24-20(28)18-22-13(4)11-15(30-22)16(19(27)23-9-6-2)17(22)21(29)25(18)14(7-3)12-26/h13-18,26H,5-12H2,1-4H3,(H,23,27)(H,24,28)/t13?,14-,15+,16-,17-,18?,22?/m0/s1. The van der Waals surface area contributed by atoms with Crippen LogP contribution in [0.5, 0.6) is 0 Å². The predicted octanol–water partition coefficient (Wildman–Crippen LogP) is 1.54. The van der Waals surface area contributed by atoms with Crippen LogP contribution in [-0.4, -0.2) is 69.5 Å². The Hall–Kier alpha value is -1.28. The van der Waals surface area contributed by atoms with E-state index in [0.29, 0.717) is 19.5 Å². The number of nitrogens with one attached hydrogen (secondary N) is 2. The molecule has 3 rings (SSSR count). The molecule has 30 heavy (non-hydrogen) atoms. The Labute approximate surface area is 184 Å². The zero-order valence-corrected chi connectivity index (χ0v) is 19.5. The number of aliphatic hydroxyl groups excluding tert-OH is 1. The van der Waals surface area contributed by atoms with Crippen molar-refractivity contribution in [2.75, 3.05) is 19.7 Å². The molecule has 8 heteroatoms. The first-order valence-electron chi connectivity index (χ1n) is 11.5. The summed E-state index contributed by atoms with van der Waals surface area (Å²) in [5, 5.41) is 16.1. The maximum absolute atomic E-state index is 13.8. The van der Waals surface area contributed by atoms with Crippen molar-refractivity contribution in [1.29, 1.82) is 0 Å². The number of carbonyl (C=O) groups excluding carboxylic acids is 3. The zero-order chi connectivity index (χ0) is 22.1. The average molecular weight is 440 g/mol. The van der Waals surface area contributed by atoms with E-state index in [1.54, 1.807) is 16.7 Å². The number of fused-ring (bicyclic) bond motifs is 1. The first-order valence-corrected chi connectivity index (χ1v) is 12.4. The molecule has 3 saturated heterocycles. The summed E-state index contributed by atoms with van der Waals surface area (Å²) in [6, 6.07) is -1.05. The van der Waals surface area contributed by atoms with Gasteiger partial charge in [-0.3, -0.25) is 14.4 Å². The molecule has 0 saturated carbocycles. The number of thioether (sulfide) groups is 1. The second-order valence-electron chi connectivity index (χ2n) is 8.98. The molecule has 1 spiro atoms. The third kappa shape index (κ3) is 3.53. The van der Waals surface area contributed by atoms with E-state index in [2.05, 4.69) is 24.5 Å². The van der Waals surface area contributed by atoms with Crippen LogP contribution in [-0.2, 0) is 14.4 Å².